The average Bonchev–Trinajstić information content (AvgIpc) is 3.05. The Balaban J connectivity index is 1.86. The molecule has 1 aromatic heterocycles. The molecule has 0 atom stereocenters. The van der Waals surface area contributed by atoms with Gasteiger partial charge in [-0.25, -0.2) is 4.98 Å². The van der Waals surface area contributed by atoms with Crippen molar-refractivity contribution in [1.29, 1.82) is 0 Å². The van der Waals surface area contributed by atoms with Crippen LogP contribution in [0.4, 0.5) is 0 Å². The fourth-order valence-corrected chi connectivity index (χ4v) is 1.93. The SMILES string of the molecule is NCCc1cn(C(=O)c2ccc3c(c2)OCO3)cn1. The summed E-state index contributed by atoms with van der Waals surface area (Å²) >= 11 is 0. The summed E-state index contributed by atoms with van der Waals surface area (Å²) in [6.07, 6.45) is 3.85. The lowest BCUT2D eigenvalue weighted by Crippen LogP contribution is -2.09. The van der Waals surface area contributed by atoms with Crippen LogP contribution in [0, 0.1) is 0 Å². The van der Waals surface area contributed by atoms with E-state index in [0.29, 0.717) is 30.0 Å². The van der Waals surface area contributed by atoms with Crippen LogP contribution in [0.25, 0.3) is 0 Å². The number of ether oxygens (including phenoxy) is 2. The molecule has 2 heterocycles. The third-order valence-corrected chi connectivity index (χ3v) is 2.89. The Kier molecular flexibility index (Phi) is 2.92. The third kappa shape index (κ3) is 2.17. The van der Waals surface area contributed by atoms with Gasteiger partial charge in [0.2, 0.25) is 6.79 Å². The Hall–Kier alpha value is -2.34. The number of carbonyl (C=O) groups excluding carboxylic acids is 1. The van der Waals surface area contributed by atoms with Crippen molar-refractivity contribution in [3.8, 4) is 11.5 Å². The molecule has 3 rings (SSSR count). The van der Waals surface area contributed by atoms with E-state index >= 15 is 0 Å². The first-order chi connectivity index (χ1) is 9.28. The lowest BCUT2D eigenvalue weighted by molar-refractivity contribution is 0.0959. The van der Waals surface area contributed by atoms with Crippen molar-refractivity contribution in [2.45, 2.75) is 6.42 Å². The molecule has 2 aromatic rings. The first-order valence-corrected chi connectivity index (χ1v) is 5.95. The molecule has 0 unspecified atom stereocenters. The molecule has 0 saturated heterocycles. The monoisotopic (exact) mass is 259 g/mol. The maximum absolute atomic E-state index is 12.3. The first kappa shape index (κ1) is 11.7. The maximum Gasteiger partial charge on any atom is 0.263 e. The highest BCUT2D eigenvalue weighted by molar-refractivity contribution is 5.96. The Morgan fingerprint density at radius 3 is 3.05 bits per heavy atom. The second-order valence-corrected chi connectivity index (χ2v) is 4.18. The van der Waals surface area contributed by atoms with Crippen LogP contribution in [-0.2, 0) is 6.42 Å². The minimum absolute atomic E-state index is 0.158. The topological polar surface area (TPSA) is 79.4 Å². The van der Waals surface area contributed by atoms with Gasteiger partial charge in [0.05, 0.1) is 5.69 Å². The Labute approximate surface area is 109 Å². The number of carbonyl (C=O) groups is 1. The minimum Gasteiger partial charge on any atom is -0.454 e. The van der Waals surface area contributed by atoms with Crippen LogP contribution in [0.5, 0.6) is 11.5 Å². The molecule has 0 spiro atoms. The van der Waals surface area contributed by atoms with Crippen molar-refractivity contribution in [3.63, 3.8) is 0 Å². The molecule has 0 radical (unpaired) electrons. The molecule has 0 saturated carbocycles. The molecule has 6 nitrogen and oxygen atoms in total. The summed E-state index contributed by atoms with van der Waals surface area (Å²) in [5.41, 5.74) is 6.78. The largest absolute Gasteiger partial charge is 0.454 e. The van der Waals surface area contributed by atoms with Crippen LogP contribution in [0.2, 0.25) is 0 Å². The van der Waals surface area contributed by atoms with Crippen molar-refractivity contribution in [2.75, 3.05) is 13.3 Å². The Bertz CT molecular complexity index is 621. The predicted octanol–water partition coefficient (Wildman–Crippen LogP) is 0.801. The fourth-order valence-electron chi connectivity index (χ4n) is 1.93. The number of rotatable bonds is 3. The highest BCUT2D eigenvalue weighted by Gasteiger charge is 2.17. The molecule has 98 valence electrons. The van der Waals surface area contributed by atoms with Gasteiger partial charge in [-0.05, 0) is 24.7 Å². The van der Waals surface area contributed by atoms with Crippen molar-refractivity contribution in [3.05, 3.63) is 42.0 Å². The van der Waals surface area contributed by atoms with E-state index in [0.717, 1.165) is 5.69 Å². The predicted molar refractivity (Wildman–Crippen MR) is 67.3 cm³/mol. The molecule has 0 fully saturated rings. The molecule has 0 amide bonds. The number of hydrogen-bond donors (Lipinski definition) is 1. The van der Waals surface area contributed by atoms with Crippen LogP contribution < -0.4 is 15.2 Å². The van der Waals surface area contributed by atoms with Gasteiger partial charge in [-0.1, -0.05) is 0 Å². The molecule has 1 aliphatic heterocycles. The fraction of sp³-hybridized carbons (Fsp3) is 0.231. The smallest absolute Gasteiger partial charge is 0.263 e. The van der Waals surface area contributed by atoms with Crippen molar-refractivity contribution >= 4 is 5.91 Å². The highest BCUT2D eigenvalue weighted by atomic mass is 16.7. The quantitative estimate of drug-likeness (QED) is 0.882. The summed E-state index contributed by atoms with van der Waals surface area (Å²) in [4.78, 5) is 16.4. The van der Waals surface area contributed by atoms with Gasteiger partial charge in [0, 0.05) is 18.2 Å². The molecule has 19 heavy (non-hydrogen) atoms. The van der Waals surface area contributed by atoms with Gasteiger partial charge in [-0.2, -0.15) is 0 Å². The standard InChI is InChI=1S/C13H13N3O3/c14-4-3-10-6-16(7-15-10)13(17)9-1-2-11-12(5-9)19-8-18-11/h1-2,5-7H,3-4,8,14H2. The Morgan fingerprint density at radius 1 is 1.37 bits per heavy atom. The van der Waals surface area contributed by atoms with E-state index < -0.39 is 0 Å². The molecule has 0 bridgehead atoms. The van der Waals surface area contributed by atoms with Gasteiger partial charge in [0.15, 0.2) is 11.5 Å². The number of hydrogen-bond acceptors (Lipinski definition) is 5. The van der Waals surface area contributed by atoms with Crippen molar-refractivity contribution in [1.82, 2.24) is 9.55 Å². The summed E-state index contributed by atoms with van der Waals surface area (Å²) in [6.45, 7) is 0.702. The Morgan fingerprint density at radius 2 is 2.21 bits per heavy atom. The molecule has 1 aliphatic rings. The van der Waals surface area contributed by atoms with Gasteiger partial charge < -0.3 is 15.2 Å². The van der Waals surface area contributed by atoms with E-state index in [1.165, 1.54) is 10.9 Å². The van der Waals surface area contributed by atoms with Gasteiger partial charge in [0.1, 0.15) is 6.33 Å². The normalized spacial score (nSPS) is 12.7. The first-order valence-electron chi connectivity index (χ1n) is 5.95. The van der Waals surface area contributed by atoms with E-state index in [1.54, 1.807) is 24.4 Å². The average molecular weight is 259 g/mol. The summed E-state index contributed by atoms with van der Waals surface area (Å²) in [5, 5.41) is 0. The minimum atomic E-state index is -0.158. The van der Waals surface area contributed by atoms with Gasteiger partial charge in [0.25, 0.3) is 5.91 Å². The number of nitrogens with zero attached hydrogens (tertiary/aromatic N) is 2. The molecule has 1 aromatic carbocycles. The second-order valence-electron chi connectivity index (χ2n) is 4.18. The van der Waals surface area contributed by atoms with E-state index in [2.05, 4.69) is 4.98 Å². The number of aromatic nitrogens is 2. The van der Waals surface area contributed by atoms with E-state index in [1.807, 2.05) is 0 Å². The van der Waals surface area contributed by atoms with E-state index in [-0.39, 0.29) is 12.7 Å². The van der Waals surface area contributed by atoms with Crippen molar-refractivity contribution < 1.29 is 14.3 Å². The molecule has 2 N–H and O–H groups in total. The van der Waals surface area contributed by atoms with Crippen LogP contribution in [-0.4, -0.2) is 28.8 Å². The van der Waals surface area contributed by atoms with E-state index in [9.17, 15) is 4.79 Å². The maximum atomic E-state index is 12.3. The summed E-state index contributed by atoms with van der Waals surface area (Å²) in [7, 11) is 0. The summed E-state index contributed by atoms with van der Waals surface area (Å²) in [6, 6.07) is 5.11. The number of imidazole rings is 1. The number of nitrogens with two attached hydrogens (primary N) is 1. The lowest BCUT2D eigenvalue weighted by atomic mass is 10.2. The second kappa shape index (κ2) is 4.74. The molecular weight excluding hydrogens is 246 g/mol. The summed E-state index contributed by atoms with van der Waals surface area (Å²) < 4.78 is 11.9. The van der Waals surface area contributed by atoms with Gasteiger partial charge >= 0.3 is 0 Å². The highest BCUT2D eigenvalue weighted by Crippen LogP contribution is 2.32. The van der Waals surface area contributed by atoms with Crippen LogP contribution in [0.1, 0.15) is 16.1 Å². The molecular formula is C13H13N3O3. The number of fused-ring (bicyclic) bond motifs is 1. The lowest BCUT2D eigenvalue weighted by Gasteiger charge is -2.02. The van der Waals surface area contributed by atoms with Gasteiger partial charge in [-0.15, -0.1) is 0 Å². The van der Waals surface area contributed by atoms with Crippen LogP contribution in [0.3, 0.4) is 0 Å². The van der Waals surface area contributed by atoms with Crippen LogP contribution >= 0.6 is 0 Å². The third-order valence-electron chi connectivity index (χ3n) is 2.89. The molecule has 6 heteroatoms. The zero-order chi connectivity index (χ0) is 13.2. The summed E-state index contributed by atoms with van der Waals surface area (Å²) in [5.74, 6) is 1.09. The van der Waals surface area contributed by atoms with Gasteiger partial charge in [-0.3, -0.25) is 9.36 Å². The number of benzene rings is 1. The van der Waals surface area contributed by atoms with Crippen LogP contribution in [0.15, 0.2) is 30.7 Å². The zero-order valence-electron chi connectivity index (χ0n) is 10.2. The van der Waals surface area contributed by atoms with E-state index in [4.69, 9.17) is 15.2 Å². The molecule has 0 aliphatic carbocycles. The zero-order valence-corrected chi connectivity index (χ0v) is 10.2. The van der Waals surface area contributed by atoms with Crippen molar-refractivity contribution in [2.24, 2.45) is 5.73 Å².